The summed E-state index contributed by atoms with van der Waals surface area (Å²) >= 11 is 1.82. The highest BCUT2D eigenvalue weighted by molar-refractivity contribution is 7.22. The van der Waals surface area contributed by atoms with Gasteiger partial charge in [0.1, 0.15) is 22.7 Å². The summed E-state index contributed by atoms with van der Waals surface area (Å²) in [7, 11) is 0. The van der Waals surface area contributed by atoms with Gasteiger partial charge in [0.2, 0.25) is 0 Å². The van der Waals surface area contributed by atoms with Crippen LogP contribution in [0.2, 0.25) is 0 Å². The monoisotopic (exact) mass is 609 g/mol. The predicted octanol–water partition coefficient (Wildman–Crippen LogP) is 12.9. The van der Waals surface area contributed by atoms with E-state index >= 15 is 0 Å². The molecular weight excluding hydrogens is 583 g/mol. The second-order valence-corrected chi connectivity index (χ2v) is 12.5. The highest BCUT2D eigenvalue weighted by Gasteiger charge is 2.18. The van der Waals surface area contributed by atoms with Crippen LogP contribution in [0.3, 0.4) is 0 Å². The van der Waals surface area contributed by atoms with E-state index in [9.17, 15) is 0 Å². The van der Waals surface area contributed by atoms with E-state index in [2.05, 4.69) is 132 Å². The van der Waals surface area contributed by atoms with Gasteiger partial charge in [0, 0.05) is 60.7 Å². The van der Waals surface area contributed by atoms with E-state index in [0.29, 0.717) is 0 Å². The molecular formula is C42H27NO2S. The number of furan rings is 2. The van der Waals surface area contributed by atoms with Crippen molar-refractivity contribution in [3.8, 4) is 33.1 Å². The molecule has 0 saturated heterocycles. The third kappa shape index (κ3) is 4.76. The van der Waals surface area contributed by atoms with Crippen molar-refractivity contribution in [1.82, 2.24) is 0 Å². The number of fused-ring (bicyclic) bond motifs is 3. The average molecular weight is 610 g/mol. The molecule has 218 valence electrons. The van der Waals surface area contributed by atoms with E-state index in [1.165, 1.54) is 20.5 Å². The highest BCUT2D eigenvalue weighted by Crippen LogP contribution is 2.42. The fourth-order valence-corrected chi connectivity index (χ4v) is 7.26. The Morgan fingerprint density at radius 2 is 0.848 bits per heavy atom. The first-order valence-electron chi connectivity index (χ1n) is 15.3. The van der Waals surface area contributed by atoms with Crippen molar-refractivity contribution in [1.29, 1.82) is 0 Å². The second kappa shape index (κ2) is 11.0. The Labute approximate surface area is 270 Å². The van der Waals surface area contributed by atoms with Gasteiger partial charge in [0.25, 0.3) is 0 Å². The SMILES string of the molecule is c1ccc(-c2cc3ccc(N(c4ccc5cc(-c6ccccc6)oc5c4)c4ccc5cc(-c6ccccc6)sc5c4)cc3o2)cc1. The number of hydrogen-bond acceptors (Lipinski definition) is 4. The fraction of sp³-hybridized carbons (Fsp3) is 0. The van der Waals surface area contributed by atoms with E-state index in [1.54, 1.807) is 0 Å². The van der Waals surface area contributed by atoms with Crippen molar-refractivity contribution in [2.24, 2.45) is 0 Å². The van der Waals surface area contributed by atoms with Gasteiger partial charge >= 0.3 is 0 Å². The van der Waals surface area contributed by atoms with Crippen LogP contribution >= 0.6 is 11.3 Å². The molecule has 0 amide bonds. The van der Waals surface area contributed by atoms with E-state index in [1.807, 2.05) is 47.7 Å². The Morgan fingerprint density at radius 1 is 0.391 bits per heavy atom. The molecule has 0 radical (unpaired) electrons. The number of anilines is 3. The highest BCUT2D eigenvalue weighted by atomic mass is 32.1. The van der Waals surface area contributed by atoms with Gasteiger partial charge in [0.15, 0.2) is 0 Å². The van der Waals surface area contributed by atoms with Crippen molar-refractivity contribution < 1.29 is 8.83 Å². The van der Waals surface area contributed by atoms with Crippen LogP contribution in [0, 0.1) is 0 Å². The predicted molar refractivity (Wildman–Crippen MR) is 192 cm³/mol. The van der Waals surface area contributed by atoms with Gasteiger partial charge in [-0.25, -0.2) is 0 Å². The van der Waals surface area contributed by atoms with Gasteiger partial charge in [-0.2, -0.15) is 0 Å². The summed E-state index contributed by atoms with van der Waals surface area (Å²) in [6.07, 6.45) is 0. The molecule has 0 spiro atoms. The first-order chi connectivity index (χ1) is 22.7. The average Bonchev–Trinajstić information content (AvgIpc) is 3.86. The normalized spacial score (nSPS) is 11.5. The quantitative estimate of drug-likeness (QED) is 0.188. The maximum absolute atomic E-state index is 6.42. The fourth-order valence-electron chi connectivity index (χ4n) is 6.16. The summed E-state index contributed by atoms with van der Waals surface area (Å²) in [5.74, 6) is 1.72. The molecule has 0 aliphatic rings. The minimum absolute atomic E-state index is 0.843. The van der Waals surface area contributed by atoms with E-state index in [0.717, 1.165) is 61.6 Å². The van der Waals surface area contributed by atoms with Crippen molar-refractivity contribution >= 4 is 60.4 Å². The Morgan fingerprint density at radius 3 is 1.37 bits per heavy atom. The molecule has 0 fully saturated rings. The number of rotatable bonds is 6. The van der Waals surface area contributed by atoms with Gasteiger partial charge < -0.3 is 13.7 Å². The van der Waals surface area contributed by atoms with Crippen LogP contribution in [0.25, 0.3) is 65.1 Å². The van der Waals surface area contributed by atoms with Crippen LogP contribution in [0.4, 0.5) is 17.1 Å². The lowest BCUT2D eigenvalue weighted by Gasteiger charge is -2.25. The minimum atomic E-state index is 0.843. The molecule has 3 aromatic heterocycles. The van der Waals surface area contributed by atoms with Gasteiger partial charge in [-0.3, -0.25) is 0 Å². The van der Waals surface area contributed by atoms with Gasteiger partial charge in [-0.05, 0) is 65.5 Å². The Balaban J connectivity index is 1.19. The lowest BCUT2D eigenvalue weighted by Crippen LogP contribution is -2.09. The molecule has 46 heavy (non-hydrogen) atoms. The van der Waals surface area contributed by atoms with Crippen LogP contribution < -0.4 is 4.90 Å². The van der Waals surface area contributed by atoms with Gasteiger partial charge in [-0.15, -0.1) is 11.3 Å². The second-order valence-electron chi connectivity index (χ2n) is 11.4. The molecule has 0 N–H and O–H groups in total. The summed E-state index contributed by atoms with van der Waals surface area (Å²) < 4.78 is 14.1. The number of thiophene rings is 1. The van der Waals surface area contributed by atoms with Gasteiger partial charge in [-0.1, -0.05) is 97.1 Å². The van der Waals surface area contributed by atoms with Crippen LogP contribution in [0.5, 0.6) is 0 Å². The molecule has 0 atom stereocenters. The molecule has 3 heterocycles. The topological polar surface area (TPSA) is 29.5 Å². The summed E-state index contributed by atoms with van der Waals surface area (Å²) in [6, 6.07) is 57.2. The molecule has 9 rings (SSSR count). The Bertz CT molecular complexity index is 2190. The molecule has 0 aliphatic carbocycles. The summed E-state index contributed by atoms with van der Waals surface area (Å²) in [5, 5.41) is 3.37. The third-order valence-corrected chi connectivity index (χ3v) is 9.61. The summed E-state index contributed by atoms with van der Waals surface area (Å²) in [4.78, 5) is 3.55. The van der Waals surface area contributed by atoms with E-state index < -0.39 is 0 Å². The molecule has 0 aliphatic heterocycles. The van der Waals surface area contributed by atoms with E-state index in [-0.39, 0.29) is 0 Å². The zero-order valence-corrected chi connectivity index (χ0v) is 25.6. The molecule has 0 unspecified atom stereocenters. The smallest absolute Gasteiger partial charge is 0.136 e. The Hall–Kier alpha value is -5.84. The van der Waals surface area contributed by atoms with Crippen LogP contribution in [0.15, 0.2) is 173 Å². The molecule has 0 bridgehead atoms. The maximum atomic E-state index is 6.42. The zero-order chi connectivity index (χ0) is 30.5. The lowest BCUT2D eigenvalue weighted by atomic mass is 10.1. The molecule has 3 nitrogen and oxygen atoms in total. The van der Waals surface area contributed by atoms with Crippen LogP contribution in [0.1, 0.15) is 0 Å². The molecule has 6 aromatic carbocycles. The standard InChI is InChI=1S/C42H27NO2S/c1-4-10-28(11-5-1)37-22-31-16-19-34(25-39(31)44-37)43(35-20-17-32-23-38(45-40(32)26-35)29-12-6-2-7-13-29)36-21-18-33-24-41(46-42(33)27-36)30-14-8-3-9-15-30/h1-27H. The van der Waals surface area contributed by atoms with Crippen molar-refractivity contribution in [2.75, 3.05) is 4.90 Å². The molecule has 9 aromatic rings. The number of hydrogen-bond donors (Lipinski definition) is 0. The largest absolute Gasteiger partial charge is 0.456 e. The minimum Gasteiger partial charge on any atom is -0.456 e. The van der Waals surface area contributed by atoms with Crippen molar-refractivity contribution in [3.63, 3.8) is 0 Å². The van der Waals surface area contributed by atoms with Crippen molar-refractivity contribution in [3.05, 3.63) is 164 Å². The Kier molecular flexibility index (Phi) is 6.32. The molecule has 4 heteroatoms. The maximum Gasteiger partial charge on any atom is 0.136 e. The third-order valence-electron chi connectivity index (χ3n) is 8.46. The first-order valence-corrected chi connectivity index (χ1v) is 16.1. The molecule has 0 saturated carbocycles. The van der Waals surface area contributed by atoms with Crippen LogP contribution in [-0.2, 0) is 0 Å². The number of nitrogens with zero attached hydrogens (tertiary/aromatic N) is 1. The number of benzene rings is 6. The van der Waals surface area contributed by atoms with Crippen LogP contribution in [-0.4, -0.2) is 0 Å². The zero-order valence-electron chi connectivity index (χ0n) is 24.8. The summed E-state index contributed by atoms with van der Waals surface area (Å²) in [5.41, 5.74) is 8.13. The van der Waals surface area contributed by atoms with Gasteiger partial charge in [0.05, 0.1) is 0 Å². The van der Waals surface area contributed by atoms with Crippen molar-refractivity contribution in [2.45, 2.75) is 0 Å². The lowest BCUT2D eigenvalue weighted by molar-refractivity contribution is 0.631. The first kappa shape index (κ1) is 26.6. The van der Waals surface area contributed by atoms with E-state index in [4.69, 9.17) is 8.83 Å². The summed E-state index contributed by atoms with van der Waals surface area (Å²) in [6.45, 7) is 0.